The summed E-state index contributed by atoms with van der Waals surface area (Å²) >= 11 is 0. The Kier molecular flexibility index (Phi) is 8.01. The molecular weight excluding hydrogens is 373 g/mol. The first kappa shape index (κ1) is 21.3. The van der Waals surface area contributed by atoms with Crippen molar-refractivity contribution in [1.82, 2.24) is 20.2 Å². The Bertz CT molecular complexity index is 802. The number of halogens is 1. The summed E-state index contributed by atoms with van der Waals surface area (Å²) in [6, 6.07) is 5.21. The summed E-state index contributed by atoms with van der Waals surface area (Å²) in [5, 5.41) is 6.46. The molecule has 3 rings (SSSR count). The summed E-state index contributed by atoms with van der Waals surface area (Å²) in [4.78, 5) is 8.35. The Labute approximate surface area is 171 Å². The van der Waals surface area contributed by atoms with Crippen molar-refractivity contribution < 1.29 is 13.9 Å². The number of guanidine groups is 1. The number of aryl methyl sites for hydroxylation is 1. The van der Waals surface area contributed by atoms with E-state index in [0.717, 1.165) is 50.6 Å². The molecule has 8 heteroatoms. The number of nitrogens with zero attached hydrogens (tertiary/aromatic N) is 3. The van der Waals surface area contributed by atoms with E-state index in [9.17, 15) is 4.39 Å². The van der Waals surface area contributed by atoms with Gasteiger partial charge in [-0.15, -0.1) is 0 Å². The summed E-state index contributed by atoms with van der Waals surface area (Å²) in [5.74, 6) is 1.70. The second-order valence-electron chi connectivity index (χ2n) is 7.14. The molecule has 1 fully saturated rings. The summed E-state index contributed by atoms with van der Waals surface area (Å²) in [7, 11) is 1.72. The third-order valence-electron chi connectivity index (χ3n) is 4.92. The number of rotatable bonds is 9. The van der Waals surface area contributed by atoms with Gasteiger partial charge >= 0.3 is 0 Å². The highest BCUT2D eigenvalue weighted by molar-refractivity contribution is 5.79. The Morgan fingerprint density at radius 3 is 3.00 bits per heavy atom. The molecule has 0 aliphatic carbocycles. The smallest absolute Gasteiger partial charge is 0.191 e. The molecule has 0 radical (unpaired) electrons. The molecule has 2 N–H and O–H groups in total. The minimum Gasteiger partial charge on any atom is -0.381 e. The maximum absolute atomic E-state index is 14.5. The fourth-order valence-electron chi connectivity index (χ4n) is 3.24. The summed E-state index contributed by atoms with van der Waals surface area (Å²) in [6.07, 6.45) is 5.40. The molecule has 0 spiro atoms. The highest BCUT2D eigenvalue weighted by Crippen LogP contribution is 2.16. The van der Waals surface area contributed by atoms with Gasteiger partial charge in [0.05, 0.1) is 18.9 Å². The van der Waals surface area contributed by atoms with Crippen LogP contribution in [0.1, 0.15) is 24.2 Å². The van der Waals surface area contributed by atoms with Gasteiger partial charge < -0.3 is 24.7 Å². The van der Waals surface area contributed by atoms with Gasteiger partial charge in [0.25, 0.3) is 0 Å². The first-order valence-corrected chi connectivity index (χ1v) is 10.1. The second-order valence-corrected chi connectivity index (χ2v) is 7.14. The van der Waals surface area contributed by atoms with Crippen LogP contribution in [0.3, 0.4) is 0 Å². The normalized spacial score (nSPS) is 16.9. The van der Waals surface area contributed by atoms with E-state index in [1.165, 1.54) is 6.07 Å². The van der Waals surface area contributed by atoms with Crippen molar-refractivity contribution in [3.05, 3.63) is 47.8 Å². The highest BCUT2D eigenvalue weighted by atomic mass is 19.1. The van der Waals surface area contributed by atoms with Crippen LogP contribution in [0.15, 0.2) is 35.6 Å². The van der Waals surface area contributed by atoms with Crippen molar-refractivity contribution in [2.75, 3.05) is 40.0 Å². The Balaban J connectivity index is 1.37. The average molecular weight is 404 g/mol. The molecule has 1 aromatic carbocycles. The molecule has 1 atom stereocenters. The number of ether oxygens (including phenoxy) is 2. The van der Waals surface area contributed by atoms with Crippen LogP contribution < -0.4 is 10.6 Å². The molecule has 2 heterocycles. The lowest BCUT2D eigenvalue weighted by Crippen LogP contribution is -2.37. The van der Waals surface area contributed by atoms with E-state index in [4.69, 9.17) is 9.47 Å². The number of hydrogen-bond acceptors (Lipinski definition) is 4. The minimum absolute atomic E-state index is 0.279. The molecule has 2 aromatic rings. The van der Waals surface area contributed by atoms with Crippen LogP contribution in [0.2, 0.25) is 0 Å². The Morgan fingerprint density at radius 1 is 1.41 bits per heavy atom. The van der Waals surface area contributed by atoms with E-state index >= 15 is 0 Å². The van der Waals surface area contributed by atoms with E-state index in [1.807, 2.05) is 13.0 Å². The van der Waals surface area contributed by atoms with E-state index in [2.05, 4.69) is 20.6 Å². The van der Waals surface area contributed by atoms with Crippen LogP contribution in [0.25, 0.3) is 5.69 Å². The van der Waals surface area contributed by atoms with Crippen LogP contribution in [0.5, 0.6) is 0 Å². The van der Waals surface area contributed by atoms with Crippen molar-refractivity contribution in [2.45, 2.75) is 26.3 Å². The van der Waals surface area contributed by atoms with Gasteiger partial charge in [-0.3, -0.25) is 4.99 Å². The van der Waals surface area contributed by atoms with Crippen molar-refractivity contribution in [2.24, 2.45) is 10.9 Å². The molecule has 1 aromatic heterocycles. The molecular formula is C21H30FN5O2. The van der Waals surface area contributed by atoms with E-state index in [1.54, 1.807) is 30.1 Å². The monoisotopic (exact) mass is 403 g/mol. The van der Waals surface area contributed by atoms with E-state index in [0.29, 0.717) is 30.7 Å². The molecule has 158 valence electrons. The lowest BCUT2D eigenvalue weighted by Gasteiger charge is -2.13. The van der Waals surface area contributed by atoms with Gasteiger partial charge in [-0.1, -0.05) is 6.07 Å². The lowest BCUT2D eigenvalue weighted by atomic mass is 10.1. The zero-order valence-corrected chi connectivity index (χ0v) is 17.2. The molecule has 1 saturated heterocycles. The van der Waals surface area contributed by atoms with Gasteiger partial charge in [0, 0.05) is 51.7 Å². The third kappa shape index (κ3) is 6.27. The molecule has 1 aliphatic rings. The summed E-state index contributed by atoms with van der Waals surface area (Å²) in [6.45, 7) is 6.24. The van der Waals surface area contributed by atoms with Gasteiger partial charge in [-0.05, 0) is 37.5 Å². The maximum Gasteiger partial charge on any atom is 0.191 e. The number of aliphatic imine (C=N–C) groups is 1. The standard InChI is InChI=1S/C21H30FN5O2/c1-16-24-8-9-27(16)20-5-4-17(12-19(20)22)13-26-21(23-2)25-7-3-10-28-14-18-6-11-29-15-18/h4-5,8-9,12,18H,3,6-7,10-11,13-15H2,1-2H3,(H2,23,25,26). The average Bonchev–Trinajstić information content (AvgIpc) is 3.39. The van der Waals surface area contributed by atoms with Gasteiger partial charge in [-0.2, -0.15) is 0 Å². The molecule has 0 bridgehead atoms. The van der Waals surface area contributed by atoms with Gasteiger partial charge in [0.1, 0.15) is 11.6 Å². The second kappa shape index (κ2) is 10.9. The maximum atomic E-state index is 14.5. The first-order chi connectivity index (χ1) is 14.2. The van der Waals surface area contributed by atoms with Crippen LogP contribution >= 0.6 is 0 Å². The van der Waals surface area contributed by atoms with Gasteiger partial charge in [0.15, 0.2) is 5.96 Å². The number of hydrogen-bond donors (Lipinski definition) is 2. The highest BCUT2D eigenvalue weighted by Gasteiger charge is 2.15. The number of nitrogens with one attached hydrogen (secondary N) is 2. The van der Waals surface area contributed by atoms with Crippen LogP contribution in [0.4, 0.5) is 4.39 Å². The van der Waals surface area contributed by atoms with Crippen LogP contribution in [0, 0.1) is 18.7 Å². The Morgan fingerprint density at radius 2 is 2.31 bits per heavy atom. The topological polar surface area (TPSA) is 72.7 Å². The predicted octanol–water partition coefficient (Wildman–Crippen LogP) is 2.43. The fraction of sp³-hybridized carbons (Fsp3) is 0.524. The molecule has 0 saturated carbocycles. The molecule has 1 unspecified atom stereocenters. The summed E-state index contributed by atoms with van der Waals surface area (Å²) < 4.78 is 27.3. The van der Waals surface area contributed by atoms with Crippen LogP contribution in [-0.4, -0.2) is 55.5 Å². The van der Waals surface area contributed by atoms with Crippen molar-refractivity contribution in [1.29, 1.82) is 0 Å². The van der Waals surface area contributed by atoms with Gasteiger partial charge in [0.2, 0.25) is 0 Å². The van der Waals surface area contributed by atoms with E-state index in [-0.39, 0.29) is 5.82 Å². The SMILES string of the molecule is CN=C(NCCCOCC1CCOC1)NCc1ccc(-n2ccnc2C)c(F)c1. The molecule has 7 nitrogen and oxygen atoms in total. The zero-order chi connectivity index (χ0) is 20.5. The minimum atomic E-state index is -0.279. The van der Waals surface area contributed by atoms with Crippen molar-refractivity contribution in [3.63, 3.8) is 0 Å². The molecule has 0 amide bonds. The quantitative estimate of drug-likeness (QED) is 0.382. The predicted molar refractivity (Wildman–Crippen MR) is 111 cm³/mol. The van der Waals surface area contributed by atoms with Crippen molar-refractivity contribution in [3.8, 4) is 5.69 Å². The zero-order valence-electron chi connectivity index (χ0n) is 17.2. The lowest BCUT2D eigenvalue weighted by molar-refractivity contribution is 0.0888. The van der Waals surface area contributed by atoms with E-state index < -0.39 is 0 Å². The van der Waals surface area contributed by atoms with Gasteiger partial charge in [-0.25, -0.2) is 9.37 Å². The molecule has 29 heavy (non-hydrogen) atoms. The largest absolute Gasteiger partial charge is 0.381 e. The summed E-state index contributed by atoms with van der Waals surface area (Å²) in [5.41, 5.74) is 1.34. The molecule has 1 aliphatic heterocycles. The first-order valence-electron chi connectivity index (χ1n) is 10.1. The number of aromatic nitrogens is 2. The Hall–Kier alpha value is -2.45. The third-order valence-corrected chi connectivity index (χ3v) is 4.92. The van der Waals surface area contributed by atoms with Crippen LogP contribution in [-0.2, 0) is 16.0 Å². The van der Waals surface area contributed by atoms with Crippen molar-refractivity contribution >= 4 is 5.96 Å². The fourth-order valence-corrected chi connectivity index (χ4v) is 3.24. The number of benzene rings is 1. The number of imidazole rings is 1.